The molecule has 0 radical (unpaired) electrons. The molecular weight excluding hydrogens is 288 g/mol. The van der Waals surface area contributed by atoms with E-state index in [-0.39, 0.29) is 11.5 Å². The van der Waals surface area contributed by atoms with Crippen LogP contribution in [0.15, 0.2) is 12.3 Å². The van der Waals surface area contributed by atoms with Crippen LogP contribution in [0.2, 0.25) is 0 Å². The van der Waals surface area contributed by atoms with Gasteiger partial charge in [0.1, 0.15) is 0 Å². The van der Waals surface area contributed by atoms with E-state index in [4.69, 9.17) is 0 Å². The summed E-state index contributed by atoms with van der Waals surface area (Å²) >= 11 is 0. The third kappa shape index (κ3) is 4.52. The first-order chi connectivity index (χ1) is 9.91. The first kappa shape index (κ1) is 16.5. The largest absolute Gasteiger partial charge is 0.309 e. The number of fused-ring (bicyclic) bond motifs is 1. The molecule has 0 bridgehead atoms. The van der Waals surface area contributed by atoms with E-state index >= 15 is 0 Å². The summed E-state index contributed by atoms with van der Waals surface area (Å²) in [5.41, 5.74) is 1.18. The van der Waals surface area contributed by atoms with Crippen LogP contribution in [0.4, 0.5) is 0 Å². The predicted molar refractivity (Wildman–Crippen MR) is 84.0 cm³/mol. The molecule has 1 aromatic heterocycles. The number of hydrogen-bond donors (Lipinski definition) is 0. The van der Waals surface area contributed by atoms with Crippen molar-refractivity contribution in [2.45, 2.75) is 25.9 Å². The Morgan fingerprint density at radius 2 is 2.19 bits per heavy atom. The topological polar surface area (TPSA) is 58.4 Å². The molecule has 7 heteroatoms. The van der Waals surface area contributed by atoms with Crippen molar-refractivity contribution in [3.8, 4) is 0 Å². The molecule has 0 unspecified atom stereocenters. The van der Waals surface area contributed by atoms with E-state index in [1.165, 1.54) is 5.69 Å². The van der Waals surface area contributed by atoms with Crippen molar-refractivity contribution in [1.82, 2.24) is 19.6 Å². The molecular formula is C14H26N4O2S. The second-order valence-corrected chi connectivity index (χ2v) is 8.46. The van der Waals surface area contributed by atoms with E-state index in [1.54, 1.807) is 6.92 Å². The molecule has 21 heavy (non-hydrogen) atoms. The summed E-state index contributed by atoms with van der Waals surface area (Å²) in [7, 11) is 1.24. The molecule has 0 saturated heterocycles. The van der Waals surface area contributed by atoms with Crippen LogP contribution >= 0.6 is 0 Å². The maximum absolute atomic E-state index is 11.7. The second kappa shape index (κ2) is 6.89. The molecule has 6 nitrogen and oxygen atoms in total. The molecule has 2 heterocycles. The summed E-state index contributed by atoms with van der Waals surface area (Å²) in [5.74, 6) is 0.473. The lowest BCUT2D eigenvalue weighted by Crippen LogP contribution is -2.40. The molecule has 0 fully saturated rings. The first-order valence-electron chi connectivity index (χ1n) is 7.51. The molecule has 0 aromatic carbocycles. The lowest BCUT2D eigenvalue weighted by molar-refractivity contribution is 0.169. The van der Waals surface area contributed by atoms with Crippen LogP contribution in [-0.2, 0) is 16.4 Å². The van der Waals surface area contributed by atoms with E-state index in [1.807, 2.05) is 12.3 Å². The van der Waals surface area contributed by atoms with Crippen LogP contribution in [-0.4, -0.2) is 73.2 Å². The summed E-state index contributed by atoms with van der Waals surface area (Å²) in [6.45, 7) is 4.99. The Morgan fingerprint density at radius 3 is 2.86 bits per heavy atom. The molecule has 120 valence electrons. The van der Waals surface area contributed by atoms with Gasteiger partial charge in [0.05, 0.1) is 17.5 Å². The van der Waals surface area contributed by atoms with Gasteiger partial charge in [-0.2, -0.15) is 5.10 Å². The molecule has 0 amide bonds. The third-order valence-corrected chi connectivity index (χ3v) is 5.70. The zero-order valence-corrected chi connectivity index (χ0v) is 14.0. The van der Waals surface area contributed by atoms with Crippen LogP contribution in [0.25, 0.3) is 0 Å². The predicted octanol–water partition coefficient (Wildman–Crippen LogP) is 0.626. The van der Waals surface area contributed by atoms with Gasteiger partial charge in [-0.1, -0.05) is 6.92 Å². The maximum atomic E-state index is 11.7. The highest BCUT2D eigenvalue weighted by Gasteiger charge is 2.26. The maximum Gasteiger partial charge on any atom is 0.151 e. The van der Waals surface area contributed by atoms with Crippen LogP contribution in [0, 0.1) is 0 Å². The Balaban J connectivity index is 2.00. The lowest BCUT2D eigenvalue weighted by Gasteiger charge is -2.34. The summed E-state index contributed by atoms with van der Waals surface area (Å²) in [5, 5.41) is 4.43. The number of aromatic nitrogens is 2. The highest BCUT2D eigenvalue weighted by atomic mass is 32.2. The molecule has 1 atom stereocenters. The van der Waals surface area contributed by atoms with Crippen LogP contribution < -0.4 is 0 Å². The number of rotatable bonds is 7. The Hall–Kier alpha value is -0.920. The molecule has 0 N–H and O–H groups in total. The van der Waals surface area contributed by atoms with Gasteiger partial charge in [-0.25, -0.2) is 8.42 Å². The average molecular weight is 314 g/mol. The van der Waals surface area contributed by atoms with Crippen molar-refractivity contribution >= 4 is 9.84 Å². The van der Waals surface area contributed by atoms with Gasteiger partial charge >= 0.3 is 0 Å². The van der Waals surface area contributed by atoms with Gasteiger partial charge in [-0.05, 0) is 33.1 Å². The highest BCUT2D eigenvalue weighted by Crippen LogP contribution is 2.22. The summed E-state index contributed by atoms with van der Waals surface area (Å²) < 4.78 is 25.5. The fourth-order valence-corrected chi connectivity index (χ4v) is 3.49. The quantitative estimate of drug-likeness (QED) is 0.739. The van der Waals surface area contributed by atoms with Gasteiger partial charge in [0.25, 0.3) is 0 Å². The minimum Gasteiger partial charge on any atom is -0.309 e. The monoisotopic (exact) mass is 314 g/mol. The van der Waals surface area contributed by atoms with Crippen LogP contribution in [0.1, 0.15) is 25.1 Å². The third-order valence-electron chi connectivity index (χ3n) is 4.02. The van der Waals surface area contributed by atoms with Crippen molar-refractivity contribution in [3.63, 3.8) is 0 Å². The molecule has 1 aliphatic heterocycles. The molecule has 0 saturated carbocycles. The summed E-state index contributed by atoms with van der Waals surface area (Å²) in [6, 6.07) is 2.36. The second-order valence-electron chi connectivity index (χ2n) is 5.98. The minimum absolute atomic E-state index is 0.225. The van der Waals surface area contributed by atoms with Gasteiger partial charge in [0.2, 0.25) is 0 Å². The van der Waals surface area contributed by atoms with Crippen molar-refractivity contribution in [1.29, 1.82) is 0 Å². The first-order valence-corrected chi connectivity index (χ1v) is 9.33. The van der Waals surface area contributed by atoms with Gasteiger partial charge in [-0.15, -0.1) is 0 Å². The summed E-state index contributed by atoms with van der Waals surface area (Å²) in [4.78, 5) is 4.41. The van der Waals surface area contributed by atoms with Gasteiger partial charge < -0.3 is 4.90 Å². The summed E-state index contributed by atoms with van der Waals surface area (Å²) in [6.07, 6.45) is 2.86. The van der Waals surface area contributed by atoms with Crippen molar-refractivity contribution in [3.05, 3.63) is 18.0 Å². The zero-order chi connectivity index (χ0) is 15.5. The smallest absolute Gasteiger partial charge is 0.151 e. The van der Waals surface area contributed by atoms with Crippen molar-refractivity contribution < 1.29 is 8.42 Å². The highest BCUT2D eigenvalue weighted by molar-refractivity contribution is 7.91. The van der Waals surface area contributed by atoms with E-state index in [9.17, 15) is 8.42 Å². The van der Waals surface area contributed by atoms with Crippen LogP contribution in [0.5, 0.6) is 0 Å². The normalized spacial score (nSPS) is 19.9. The van der Waals surface area contributed by atoms with Gasteiger partial charge in [-0.3, -0.25) is 9.58 Å². The zero-order valence-electron chi connectivity index (χ0n) is 13.2. The van der Waals surface area contributed by atoms with Crippen molar-refractivity contribution in [2.24, 2.45) is 0 Å². The number of sulfone groups is 1. The fourth-order valence-electron chi connectivity index (χ4n) is 2.67. The molecule has 0 spiro atoms. The van der Waals surface area contributed by atoms with Gasteiger partial charge in [0.15, 0.2) is 9.84 Å². The minimum atomic E-state index is -2.90. The molecule has 1 aromatic rings. The Bertz CT molecular complexity index is 553. The Kier molecular flexibility index (Phi) is 5.40. The lowest BCUT2D eigenvalue weighted by atomic mass is 10.1. The Labute approximate surface area is 127 Å². The average Bonchev–Trinajstić information content (AvgIpc) is 2.91. The van der Waals surface area contributed by atoms with E-state index in [0.29, 0.717) is 12.6 Å². The number of nitrogens with zero attached hydrogens (tertiary/aromatic N) is 4. The van der Waals surface area contributed by atoms with E-state index < -0.39 is 9.84 Å². The van der Waals surface area contributed by atoms with Gasteiger partial charge in [0, 0.05) is 31.6 Å². The van der Waals surface area contributed by atoms with Crippen LogP contribution in [0.3, 0.4) is 0 Å². The standard InChI is InChI=1S/C14H26N4O2S/c1-4-21(19,20)10-9-17-11-13-5-7-15-18(13)14(12-17)6-8-16(2)3/h5,7,14H,4,6,8-12H2,1-3H3/t14-/m1/s1. The Morgan fingerprint density at radius 1 is 1.43 bits per heavy atom. The molecule has 2 rings (SSSR count). The molecule has 0 aliphatic carbocycles. The number of hydrogen-bond acceptors (Lipinski definition) is 5. The van der Waals surface area contributed by atoms with E-state index in [0.717, 1.165) is 26.1 Å². The van der Waals surface area contributed by atoms with Crippen molar-refractivity contribution in [2.75, 3.05) is 45.2 Å². The SMILES string of the molecule is CCS(=O)(=O)CCN1Cc2ccnn2[C@H](CCN(C)C)C1. The van der Waals surface area contributed by atoms with E-state index in [2.05, 4.69) is 33.7 Å². The molecule has 1 aliphatic rings. The fraction of sp³-hybridized carbons (Fsp3) is 0.786.